The van der Waals surface area contributed by atoms with Gasteiger partial charge in [-0.1, -0.05) is 0 Å². The predicted molar refractivity (Wildman–Crippen MR) is 90.1 cm³/mol. The van der Waals surface area contributed by atoms with Crippen LogP contribution in [0.4, 0.5) is 4.39 Å². The first-order chi connectivity index (χ1) is 12.9. The van der Waals surface area contributed by atoms with Crippen molar-refractivity contribution in [2.24, 2.45) is 0 Å². The molecule has 5 atom stereocenters. The highest BCUT2D eigenvalue weighted by Crippen LogP contribution is 2.41. The molecule has 0 saturated carbocycles. The molecular formula is C17H23FO9. The van der Waals surface area contributed by atoms with Gasteiger partial charge in [-0.2, -0.15) is 0 Å². The second-order valence-electron chi connectivity index (χ2n) is 5.82. The molecule has 0 aromatic heterocycles. The maximum Gasteiger partial charge on any atom is 0.229 e. The van der Waals surface area contributed by atoms with Gasteiger partial charge in [0.15, 0.2) is 11.5 Å². The largest absolute Gasteiger partial charge is 0.493 e. The first-order valence-corrected chi connectivity index (χ1v) is 8.06. The highest BCUT2D eigenvalue weighted by Gasteiger charge is 2.45. The Kier molecular flexibility index (Phi) is 7.36. The van der Waals surface area contributed by atoms with Crippen molar-refractivity contribution in [2.75, 3.05) is 27.4 Å². The molecule has 1 aromatic rings. The van der Waals surface area contributed by atoms with Crippen LogP contribution in [0.25, 0.3) is 6.08 Å². The minimum absolute atomic E-state index is 0.00844. The maximum absolute atomic E-state index is 13.3. The fourth-order valence-corrected chi connectivity index (χ4v) is 2.61. The van der Waals surface area contributed by atoms with E-state index in [2.05, 4.69) is 0 Å². The number of aliphatic hydroxyl groups excluding tert-OH is 5. The zero-order valence-electron chi connectivity index (χ0n) is 14.8. The van der Waals surface area contributed by atoms with E-state index in [4.69, 9.17) is 24.1 Å². The molecule has 10 heteroatoms. The molecule has 2 rings (SSSR count). The van der Waals surface area contributed by atoms with Crippen LogP contribution in [-0.2, 0) is 4.74 Å². The van der Waals surface area contributed by atoms with Crippen molar-refractivity contribution in [3.63, 3.8) is 0 Å². The van der Waals surface area contributed by atoms with Gasteiger partial charge in [-0.15, -0.1) is 0 Å². The lowest BCUT2D eigenvalue weighted by Gasteiger charge is -2.39. The van der Waals surface area contributed by atoms with Crippen LogP contribution in [0.5, 0.6) is 17.2 Å². The zero-order valence-corrected chi connectivity index (χ0v) is 14.8. The van der Waals surface area contributed by atoms with Gasteiger partial charge in [0, 0.05) is 0 Å². The standard InChI is InChI=1S/C17H23FO9/c1-24-10-4-8(3-9(18)6-19)5-11(25-2)16(10)27-17-15(23)14(22)13(21)12(7-20)26-17/h3-5,12-15,17,19-23H,6-7H2,1-2H3/b9-3-/t12-,13-,14+,15-,17+/m1/s1. The minimum atomic E-state index is -1.62. The number of aliphatic hydroxyl groups is 5. The molecular weight excluding hydrogens is 367 g/mol. The van der Waals surface area contributed by atoms with Gasteiger partial charge < -0.3 is 44.5 Å². The van der Waals surface area contributed by atoms with Gasteiger partial charge in [-0.25, -0.2) is 4.39 Å². The van der Waals surface area contributed by atoms with Crippen molar-refractivity contribution in [3.8, 4) is 17.2 Å². The average Bonchev–Trinajstić information content (AvgIpc) is 2.68. The van der Waals surface area contributed by atoms with E-state index >= 15 is 0 Å². The SMILES string of the molecule is COc1cc(/C=C(\F)CO)cc(OC)c1O[C@@H]1O[C@H](CO)[C@@H](O)[C@H](O)[C@H]1O. The molecule has 1 aromatic carbocycles. The molecule has 1 heterocycles. The molecule has 0 bridgehead atoms. The third-order valence-electron chi connectivity index (χ3n) is 4.04. The Hall–Kier alpha value is -1.95. The van der Waals surface area contributed by atoms with Gasteiger partial charge in [0.05, 0.1) is 27.4 Å². The number of methoxy groups -OCH3 is 2. The summed E-state index contributed by atoms with van der Waals surface area (Å²) in [5.74, 6) is -0.584. The van der Waals surface area contributed by atoms with Crippen LogP contribution in [-0.4, -0.2) is 83.7 Å². The fourth-order valence-electron chi connectivity index (χ4n) is 2.61. The van der Waals surface area contributed by atoms with Crippen molar-refractivity contribution >= 4 is 6.08 Å². The summed E-state index contributed by atoms with van der Waals surface area (Å²) >= 11 is 0. The lowest BCUT2D eigenvalue weighted by molar-refractivity contribution is -0.277. The molecule has 152 valence electrons. The smallest absolute Gasteiger partial charge is 0.229 e. The van der Waals surface area contributed by atoms with Crippen molar-refractivity contribution < 1.29 is 48.9 Å². The molecule has 27 heavy (non-hydrogen) atoms. The normalized spacial score (nSPS) is 28.7. The van der Waals surface area contributed by atoms with E-state index in [-0.39, 0.29) is 17.2 Å². The summed E-state index contributed by atoms with van der Waals surface area (Å²) < 4.78 is 34.6. The van der Waals surface area contributed by atoms with E-state index < -0.39 is 49.7 Å². The third kappa shape index (κ3) is 4.67. The molecule has 1 saturated heterocycles. The van der Waals surface area contributed by atoms with Gasteiger partial charge in [-0.3, -0.25) is 0 Å². The fraction of sp³-hybridized carbons (Fsp3) is 0.529. The summed E-state index contributed by atoms with van der Waals surface area (Å²) in [6.07, 6.45) is -6.28. The lowest BCUT2D eigenvalue weighted by Crippen LogP contribution is -2.60. The zero-order chi connectivity index (χ0) is 20.1. The number of hydrogen-bond acceptors (Lipinski definition) is 9. The van der Waals surface area contributed by atoms with Gasteiger partial charge in [0.1, 0.15) is 30.2 Å². The Labute approximate surface area is 154 Å². The van der Waals surface area contributed by atoms with Crippen LogP contribution in [0.15, 0.2) is 18.0 Å². The Morgan fingerprint density at radius 3 is 2.15 bits per heavy atom. The summed E-state index contributed by atoms with van der Waals surface area (Å²) in [6.45, 7) is -1.38. The van der Waals surface area contributed by atoms with Crippen LogP contribution in [0.3, 0.4) is 0 Å². The first-order valence-electron chi connectivity index (χ1n) is 8.06. The van der Waals surface area contributed by atoms with Crippen molar-refractivity contribution in [1.82, 2.24) is 0 Å². The second-order valence-corrected chi connectivity index (χ2v) is 5.82. The molecule has 9 nitrogen and oxygen atoms in total. The number of halogens is 1. The van der Waals surface area contributed by atoms with E-state index in [0.717, 1.165) is 6.08 Å². The molecule has 0 unspecified atom stereocenters. The number of hydrogen-bond donors (Lipinski definition) is 5. The quantitative estimate of drug-likeness (QED) is 0.404. The van der Waals surface area contributed by atoms with Crippen LogP contribution in [0, 0.1) is 0 Å². The van der Waals surface area contributed by atoms with Gasteiger partial charge >= 0.3 is 0 Å². The van der Waals surface area contributed by atoms with E-state index in [0.29, 0.717) is 5.56 Å². The molecule has 0 aliphatic carbocycles. The van der Waals surface area contributed by atoms with Crippen LogP contribution in [0.1, 0.15) is 5.56 Å². The average molecular weight is 390 g/mol. The van der Waals surface area contributed by atoms with Crippen molar-refractivity contribution in [1.29, 1.82) is 0 Å². The van der Waals surface area contributed by atoms with Crippen molar-refractivity contribution in [3.05, 3.63) is 23.5 Å². The topological polar surface area (TPSA) is 138 Å². The Balaban J connectivity index is 2.37. The van der Waals surface area contributed by atoms with E-state index in [1.807, 2.05) is 0 Å². The molecule has 1 fully saturated rings. The number of rotatable bonds is 7. The number of ether oxygens (including phenoxy) is 4. The highest BCUT2D eigenvalue weighted by molar-refractivity contribution is 5.63. The summed E-state index contributed by atoms with van der Waals surface area (Å²) in [5, 5.41) is 47.8. The molecule has 1 aliphatic heterocycles. The molecule has 0 spiro atoms. The maximum atomic E-state index is 13.3. The third-order valence-corrected chi connectivity index (χ3v) is 4.04. The van der Waals surface area contributed by atoms with E-state index in [1.165, 1.54) is 26.4 Å². The first kappa shape index (κ1) is 21.4. The summed E-state index contributed by atoms with van der Waals surface area (Å²) in [6, 6.07) is 2.80. The van der Waals surface area contributed by atoms with Crippen LogP contribution < -0.4 is 14.2 Å². The second kappa shape index (κ2) is 9.31. The highest BCUT2D eigenvalue weighted by atomic mass is 19.1. The Morgan fingerprint density at radius 1 is 1.07 bits per heavy atom. The van der Waals surface area contributed by atoms with Crippen LogP contribution in [0.2, 0.25) is 0 Å². The van der Waals surface area contributed by atoms with Gasteiger partial charge in [0.2, 0.25) is 12.0 Å². The molecule has 5 N–H and O–H groups in total. The summed E-state index contributed by atoms with van der Waals surface area (Å²) in [7, 11) is 2.65. The predicted octanol–water partition coefficient (Wildman–Crippen LogP) is -0.815. The molecule has 1 aliphatic rings. The summed E-state index contributed by atoms with van der Waals surface area (Å²) in [4.78, 5) is 0. The lowest BCUT2D eigenvalue weighted by atomic mass is 9.99. The van der Waals surface area contributed by atoms with Gasteiger partial charge in [-0.05, 0) is 23.8 Å². The Morgan fingerprint density at radius 2 is 1.67 bits per heavy atom. The van der Waals surface area contributed by atoms with Crippen molar-refractivity contribution in [2.45, 2.75) is 30.7 Å². The van der Waals surface area contributed by atoms with E-state index in [9.17, 15) is 24.8 Å². The molecule has 0 radical (unpaired) electrons. The number of benzene rings is 1. The minimum Gasteiger partial charge on any atom is -0.493 e. The Bertz CT molecular complexity index is 639. The molecule has 0 amide bonds. The van der Waals surface area contributed by atoms with Gasteiger partial charge in [0.25, 0.3) is 0 Å². The van der Waals surface area contributed by atoms with Crippen LogP contribution >= 0.6 is 0 Å². The monoisotopic (exact) mass is 390 g/mol. The summed E-state index contributed by atoms with van der Waals surface area (Å²) in [5.41, 5.74) is 0.316. The van der Waals surface area contributed by atoms with E-state index in [1.54, 1.807) is 0 Å².